The molecule has 0 saturated carbocycles. The molecule has 108 valence electrons. The maximum absolute atomic E-state index is 12.6. The Morgan fingerprint density at radius 3 is 2.79 bits per heavy atom. The Kier molecular flexibility index (Phi) is 4.27. The zero-order valence-electron chi connectivity index (χ0n) is 11.8. The summed E-state index contributed by atoms with van der Waals surface area (Å²) in [5.74, 6) is 0. The number of nitrogens with zero attached hydrogens (tertiary/aromatic N) is 4. The van der Waals surface area contributed by atoms with Crippen LogP contribution in [0.1, 0.15) is 20.3 Å². The molecule has 0 aromatic carbocycles. The van der Waals surface area contributed by atoms with E-state index in [0.29, 0.717) is 24.7 Å². The minimum atomic E-state index is -3.42. The molecular formula is C12H22N4O2S. The van der Waals surface area contributed by atoms with E-state index in [2.05, 4.69) is 10.00 Å². The summed E-state index contributed by atoms with van der Waals surface area (Å²) >= 11 is 0. The second-order valence-corrected chi connectivity index (χ2v) is 6.97. The number of piperazine rings is 1. The summed E-state index contributed by atoms with van der Waals surface area (Å²) in [6.45, 7) is 6.53. The highest BCUT2D eigenvalue weighted by atomic mass is 32.2. The van der Waals surface area contributed by atoms with Crippen molar-refractivity contribution in [1.82, 2.24) is 19.0 Å². The summed E-state index contributed by atoms with van der Waals surface area (Å²) in [7, 11) is -1.40. The van der Waals surface area contributed by atoms with Crippen LogP contribution >= 0.6 is 0 Å². The molecule has 6 nitrogen and oxygen atoms in total. The molecule has 1 aromatic heterocycles. The van der Waals surface area contributed by atoms with Gasteiger partial charge in [0.05, 0.1) is 6.20 Å². The number of aromatic nitrogens is 2. The molecule has 1 unspecified atom stereocenters. The molecule has 1 fully saturated rings. The number of likely N-dealkylation sites (N-methyl/N-ethyl adjacent to an activating group) is 1. The lowest BCUT2D eigenvalue weighted by Gasteiger charge is -2.36. The van der Waals surface area contributed by atoms with Gasteiger partial charge in [-0.3, -0.25) is 4.68 Å². The molecular weight excluding hydrogens is 264 g/mol. The first-order chi connectivity index (χ1) is 8.96. The summed E-state index contributed by atoms with van der Waals surface area (Å²) in [6.07, 6.45) is 2.42. The van der Waals surface area contributed by atoms with Crippen LogP contribution in [0.25, 0.3) is 0 Å². The first-order valence-corrected chi connectivity index (χ1v) is 8.13. The van der Waals surface area contributed by atoms with Gasteiger partial charge in [0.15, 0.2) is 5.03 Å². The van der Waals surface area contributed by atoms with E-state index < -0.39 is 10.0 Å². The fraction of sp³-hybridized carbons (Fsp3) is 0.750. The van der Waals surface area contributed by atoms with Gasteiger partial charge < -0.3 is 4.90 Å². The van der Waals surface area contributed by atoms with Gasteiger partial charge in [-0.15, -0.1) is 0 Å². The average molecular weight is 286 g/mol. The highest BCUT2D eigenvalue weighted by Gasteiger charge is 2.32. The predicted octanol–water partition coefficient (Wildman–Crippen LogP) is 0.618. The Morgan fingerprint density at radius 1 is 1.42 bits per heavy atom. The van der Waals surface area contributed by atoms with Crippen molar-refractivity contribution in [3.63, 3.8) is 0 Å². The van der Waals surface area contributed by atoms with Crippen molar-refractivity contribution in [2.75, 3.05) is 26.7 Å². The van der Waals surface area contributed by atoms with Crippen molar-refractivity contribution < 1.29 is 8.42 Å². The minimum Gasteiger partial charge on any atom is -0.301 e. The zero-order valence-corrected chi connectivity index (χ0v) is 12.6. The van der Waals surface area contributed by atoms with E-state index in [1.54, 1.807) is 21.3 Å². The van der Waals surface area contributed by atoms with Crippen LogP contribution in [0.3, 0.4) is 0 Å². The van der Waals surface area contributed by atoms with Crippen molar-refractivity contribution in [1.29, 1.82) is 0 Å². The summed E-state index contributed by atoms with van der Waals surface area (Å²) in [4.78, 5) is 2.18. The van der Waals surface area contributed by atoms with Crippen molar-refractivity contribution in [2.24, 2.45) is 0 Å². The van der Waals surface area contributed by atoms with Gasteiger partial charge in [0.2, 0.25) is 0 Å². The number of rotatable bonds is 4. The van der Waals surface area contributed by atoms with Gasteiger partial charge in [-0.1, -0.05) is 6.92 Å². The van der Waals surface area contributed by atoms with Crippen LogP contribution in [0.5, 0.6) is 0 Å². The quantitative estimate of drug-likeness (QED) is 0.814. The van der Waals surface area contributed by atoms with E-state index in [1.807, 2.05) is 20.9 Å². The Hall–Kier alpha value is -0.920. The van der Waals surface area contributed by atoms with E-state index in [4.69, 9.17) is 0 Å². The van der Waals surface area contributed by atoms with Crippen LogP contribution < -0.4 is 0 Å². The maximum atomic E-state index is 12.6. The average Bonchev–Trinajstić information content (AvgIpc) is 2.82. The molecule has 7 heteroatoms. The molecule has 0 N–H and O–H groups in total. The van der Waals surface area contributed by atoms with Crippen molar-refractivity contribution in [3.8, 4) is 0 Å². The van der Waals surface area contributed by atoms with Crippen LogP contribution in [-0.2, 0) is 16.6 Å². The molecule has 0 aliphatic carbocycles. The minimum absolute atomic E-state index is 0.242. The first kappa shape index (κ1) is 14.5. The SMILES string of the molecule is CCCn1nccc1S(=O)(=O)N1CCN(C)C(C)C1. The normalized spacial score (nSPS) is 22.8. The monoisotopic (exact) mass is 286 g/mol. The predicted molar refractivity (Wildman–Crippen MR) is 73.4 cm³/mol. The molecule has 19 heavy (non-hydrogen) atoms. The fourth-order valence-corrected chi connectivity index (χ4v) is 3.92. The van der Waals surface area contributed by atoms with E-state index in [0.717, 1.165) is 13.0 Å². The summed E-state index contributed by atoms with van der Waals surface area (Å²) in [5, 5.41) is 4.41. The Balaban J connectivity index is 2.25. The molecule has 2 rings (SSSR count). The zero-order chi connectivity index (χ0) is 14.0. The van der Waals surface area contributed by atoms with Gasteiger partial charge in [-0.05, 0) is 26.5 Å². The lowest BCUT2D eigenvalue weighted by molar-refractivity contribution is 0.159. The molecule has 1 aromatic rings. The van der Waals surface area contributed by atoms with Crippen LogP contribution in [0.2, 0.25) is 0 Å². The maximum Gasteiger partial charge on any atom is 0.260 e. The lowest BCUT2D eigenvalue weighted by Crippen LogP contribution is -2.52. The molecule has 1 atom stereocenters. The van der Waals surface area contributed by atoms with Gasteiger partial charge in [-0.25, -0.2) is 8.42 Å². The highest BCUT2D eigenvalue weighted by Crippen LogP contribution is 2.19. The molecule has 1 aliphatic heterocycles. The van der Waals surface area contributed by atoms with E-state index >= 15 is 0 Å². The molecule has 1 saturated heterocycles. The number of sulfonamides is 1. The van der Waals surface area contributed by atoms with Crippen LogP contribution in [-0.4, -0.2) is 60.1 Å². The highest BCUT2D eigenvalue weighted by molar-refractivity contribution is 7.89. The third-order valence-electron chi connectivity index (χ3n) is 3.64. The fourth-order valence-electron chi connectivity index (χ4n) is 2.28. The van der Waals surface area contributed by atoms with Crippen molar-refractivity contribution in [2.45, 2.75) is 37.9 Å². The van der Waals surface area contributed by atoms with E-state index in [9.17, 15) is 8.42 Å². The second kappa shape index (κ2) is 5.60. The van der Waals surface area contributed by atoms with E-state index in [1.165, 1.54) is 0 Å². The van der Waals surface area contributed by atoms with Crippen molar-refractivity contribution in [3.05, 3.63) is 12.3 Å². The van der Waals surface area contributed by atoms with Gasteiger partial charge >= 0.3 is 0 Å². The summed E-state index contributed by atoms with van der Waals surface area (Å²) < 4.78 is 28.4. The van der Waals surface area contributed by atoms with E-state index in [-0.39, 0.29) is 6.04 Å². The smallest absolute Gasteiger partial charge is 0.260 e. The molecule has 2 heterocycles. The van der Waals surface area contributed by atoms with Gasteiger partial charge in [0.25, 0.3) is 10.0 Å². The standard InChI is InChI=1S/C12H22N4O2S/c1-4-7-16-12(5-6-13-16)19(17,18)15-9-8-14(3)11(2)10-15/h5-6,11H,4,7-10H2,1-3H3. The molecule has 0 amide bonds. The molecule has 0 spiro atoms. The molecule has 1 aliphatic rings. The Labute approximate surface area is 115 Å². The van der Waals surface area contributed by atoms with Crippen LogP contribution in [0.4, 0.5) is 0 Å². The molecule has 0 bridgehead atoms. The topological polar surface area (TPSA) is 58.4 Å². The first-order valence-electron chi connectivity index (χ1n) is 6.69. The summed E-state index contributed by atoms with van der Waals surface area (Å²) in [5.41, 5.74) is 0. The Morgan fingerprint density at radius 2 is 2.16 bits per heavy atom. The number of hydrogen-bond acceptors (Lipinski definition) is 4. The third kappa shape index (κ3) is 2.82. The van der Waals surface area contributed by atoms with Crippen LogP contribution in [0, 0.1) is 0 Å². The van der Waals surface area contributed by atoms with Gasteiger partial charge in [0, 0.05) is 32.2 Å². The second-order valence-electron chi connectivity index (χ2n) is 5.09. The van der Waals surface area contributed by atoms with Crippen LogP contribution in [0.15, 0.2) is 17.3 Å². The molecule has 0 radical (unpaired) electrons. The number of aryl methyl sites for hydroxylation is 1. The van der Waals surface area contributed by atoms with Gasteiger partial charge in [0.1, 0.15) is 0 Å². The largest absolute Gasteiger partial charge is 0.301 e. The lowest BCUT2D eigenvalue weighted by atomic mass is 10.2. The number of hydrogen-bond donors (Lipinski definition) is 0. The van der Waals surface area contributed by atoms with Gasteiger partial charge in [-0.2, -0.15) is 9.40 Å². The third-order valence-corrected chi connectivity index (χ3v) is 5.53. The summed E-state index contributed by atoms with van der Waals surface area (Å²) in [6, 6.07) is 1.83. The Bertz CT molecular complexity index is 526. The van der Waals surface area contributed by atoms with Crippen molar-refractivity contribution >= 4 is 10.0 Å².